The van der Waals surface area contributed by atoms with Crippen LogP contribution < -0.4 is 5.32 Å². The summed E-state index contributed by atoms with van der Waals surface area (Å²) >= 11 is 0. The maximum absolute atomic E-state index is 13.2. The Morgan fingerprint density at radius 2 is 2.00 bits per heavy atom. The van der Waals surface area contributed by atoms with Crippen molar-refractivity contribution in [3.8, 4) is 0 Å². The quantitative estimate of drug-likeness (QED) is 0.897. The third kappa shape index (κ3) is 2.78. The van der Waals surface area contributed by atoms with Gasteiger partial charge in [0.15, 0.2) is 0 Å². The molecule has 124 valence electrons. The van der Waals surface area contributed by atoms with Crippen molar-refractivity contribution in [1.82, 2.24) is 5.32 Å². The molecule has 0 aliphatic heterocycles. The van der Waals surface area contributed by atoms with Gasteiger partial charge in [-0.3, -0.25) is 4.79 Å². The van der Waals surface area contributed by atoms with Gasteiger partial charge in [-0.25, -0.2) is 4.39 Å². The molecule has 23 heavy (non-hydrogen) atoms. The van der Waals surface area contributed by atoms with Crippen molar-refractivity contribution >= 4 is 5.91 Å². The van der Waals surface area contributed by atoms with Crippen LogP contribution in [0.5, 0.6) is 0 Å². The van der Waals surface area contributed by atoms with Gasteiger partial charge in [0.2, 0.25) is 5.91 Å². The highest BCUT2D eigenvalue weighted by molar-refractivity contribution is 5.83. The maximum atomic E-state index is 13.2. The average molecular weight is 317 g/mol. The lowest BCUT2D eigenvalue weighted by atomic mass is 9.47. The molecule has 1 aromatic rings. The number of benzene rings is 1. The first-order valence-corrected chi connectivity index (χ1v) is 8.72. The Labute approximate surface area is 136 Å². The van der Waals surface area contributed by atoms with E-state index < -0.39 is 5.60 Å². The first-order valence-electron chi connectivity index (χ1n) is 8.72. The Balaban J connectivity index is 1.39. The van der Waals surface area contributed by atoms with E-state index >= 15 is 0 Å². The summed E-state index contributed by atoms with van der Waals surface area (Å²) in [6.45, 7) is 0.526. The number of hydrogen-bond acceptors (Lipinski definition) is 2. The molecular formula is C19H24FNO2. The second-order valence-electron chi connectivity index (χ2n) is 8.10. The van der Waals surface area contributed by atoms with Gasteiger partial charge >= 0.3 is 0 Å². The van der Waals surface area contributed by atoms with Gasteiger partial charge in [0.05, 0.1) is 11.0 Å². The number of hydrogen-bond donors (Lipinski definition) is 2. The molecule has 2 unspecified atom stereocenters. The van der Waals surface area contributed by atoms with Crippen LogP contribution in [-0.4, -0.2) is 23.2 Å². The number of amides is 1. The molecule has 1 amide bonds. The molecule has 4 fully saturated rings. The molecule has 0 spiro atoms. The fourth-order valence-electron chi connectivity index (χ4n) is 5.68. The molecule has 0 aromatic heterocycles. The van der Waals surface area contributed by atoms with Crippen molar-refractivity contribution in [1.29, 1.82) is 0 Å². The molecule has 0 radical (unpaired) electrons. The van der Waals surface area contributed by atoms with E-state index in [1.807, 2.05) is 6.07 Å². The summed E-state index contributed by atoms with van der Waals surface area (Å²) in [5.74, 6) is 0.879. The monoisotopic (exact) mass is 317 g/mol. The highest BCUT2D eigenvalue weighted by atomic mass is 19.1. The molecule has 2 atom stereocenters. The Kier molecular flexibility index (Phi) is 3.49. The van der Waals surface area contributed by atoms with Crippen LogP contribution >= 0.6 is 0 Å². The van der Waals surface area contributed by atoms with E-state index in [-0.39, 0.29) is 17.1 Å². The molecule has 4 bridgehead atoms. The van der Waals surface area contributed by atoms with E-state index in [2.05, 4.69) is 5.32 Å². The Hall–Kier alpha value is -1.42. The minimum atomic E-state index is -0.607. The van der Waals surface area contributed by atoms with Gasteiger partial charge < -0.3 is 10.4 Å². The molecule has 4 aliphatic rings. The largest absolute Gasteiger partial charge is 0.390 e. The van der Waals surface area contributed by atoms with Gasteiger partial charge in [-0.2, -0.15) is 0 Å². The molecule has 0 saturated heterocycles. The fraction of sp³-hybridized carbons (Fsp3) is 0.632. The third-order valence-corrected chi connectivity index (χ3v) is 6.10. The molecule has 4 heteroatoms. The van der Waals surface area contributed by atoms with Gasteiger partial charge in [-0.05, 0) is 74.5 Å². The lowest BCUT2D eigenvalue weighted by Gasteiger charge is -2.59. The topological polar surface area (TPSA) is 49.3 Å². The number of aliphatic hydroxyl groups is 1. The van der Waals surface area contributed by atoms with Crippen LogP contribution in [0.1, 0.15) is 44.1 Å². The van der Waals surface area contributed by atoms with Gasteiger partial charge in [0.1, 0.15) is 5.82 Å². The molecular weight excluding hydrogens is 293 g/mol. The van der Waals surface area contributed by atoms with Gasteiger partial charge in [-0.15, -0.1) is 0 Å². The first-order chi connectivity index (χ1) is 11.0. The number of nitrogens with one attached hydrogen (secondary N) is 1. The van der Waals surface area contributed by atoms with Crippen molar-refractivity contribution in [2.24, 2.45) is 17.3 Å². The van der Waals surface area contributed by atoms with Crippen LogP contribution in [0.2, 0.25) is 0 Å². The highest BCUT2D eigenvalue weighted by Crippen LogP contribution is 2.61. The normalized spacial score (nSPS) is 37.8. The molecule has 2 N–H and O–H groups in total. The SMILES string of the molecule is O=C(NCCc1cccc(F)c1)C12CC3CC(CC(O)(C3)C1)C2. The van der Waals surface area contributed by atoms with Crippen LogP contribution in [0.15, 0.2) is 24.3 Å². The lowest BCUT2D eigenvalue weighted by Crippen LogP contribution is -2.60. The average Bonchev–Trinajstić information content (AvgIpc) is 2.44. The number of halogens is 1. The van der Waals surface area contributed by atoms with E-state index in [9.17, 15) is 14.3 Å². The highest BCUT2D eigenvalue weighted by Gasteiger charge is 2.59. The van der Waals surface area contributed by atoms with Crippen molar-refractivity contribution < 1.29 is 14.3 Å². The Morgan fingerprint density at radius 3 is 2.65 bits per heavy atom. The van der Waals surface area contributed by atoms with Crippen molar-refractivity contribution in [2.45, 2.75) is 50.5 Å². The third-order valence-electron chi connectivity index (χ3n) is 6.10. The Morgan fingerprint density at radius 1 is 1.26 bits per heavy atom. The summed E-state index contributed by atoms with van der Waals surface area (Å²) in [7, 11) is 0. The van der Waals surface area contributed by atoms with Crippen molar-refractivity contribution in [3.63, 3.8) is 0 Å². The van der Waals surface area contributed by atoms with Gasteiger partial charge in [-0.1, -0.05) is 12.1 Å². The smallest absolute Gasteiger partial charge is 0.226 e. The zero-order valence-corrected chi connectivity index (χ0v) is 13.4. The van der Waals surface area contributed by atoms with E-state index in [4.69, 9.17) is 0 Å². The van der Waals surface area contributed by atoms with Crippen molar-refractivity contribution in [3.05, 3.63) is 35.6 Å². The minimum absolute atomic E-state index is 0.0985. The van der Waals surface area contributed by atoms with Crippen molar-refractivity contribution in [2.75, 3.05) is 6.54 Å². The number of carbonyl (C=O) groups excluding carboxylic acids is 1. The van der Waals surface area contributed by atoms with Crippen LogP contribution in [0.25, 0.3) is 0 Å². The van der Waals surface area contributed by atoms with E-state index in [0.29, 0.717) is 31.2 Å². The summed E-state index contributed by atoms with van der Waals surface area (Å²) in [5.41, 5.74) is -0.0699. The van der Waals surface area contributed by atoms with Crippen LogP contribution in [0, 0.1) is 23.1 Å². The molecule has 5 rings (SSSR count). The fourth-order valence-corrected chi connectivity index (χ4v) is 5.68. The van der Waals surface area contributed by atoms with Crippen LogP contribution in [0.4, 0.5) is 4.39 Å². The van der Waals surface area contributed by atoms with Crippen LogP contribution in [-0.2, 0) is 11.2 Å². The minimum Gasteiger partial charge on any atom is -0.390 e. The van der Waals surface area contributed by atoms with Gasteiger partial charge in [0, 0.05) is 6.54 Å². The zero-order chi connectivity index (χ0) is 16.1. The maximum Gasteiger partial charge on any atom is 0.226 e. The summed E-state index contributed by atoms with van der Waals surface area (Å²) in [5, 5.41) is 13.8. The molecule has 1 aromatic carbocycles. The van der Waals surface area contributed by atoms with Gasteiger partial charge in [0.25, 0.3) is 0 Å². The standard InChI is InChI=1S/C19H24FNO2/c20-16-3-1-2-13(7-16)4-5-21-17(22)18-8-14-6-15(9-18)11-19(23,10-14)12-18/h1-3,7,14-15,23H,4-6,8-12H2,(H,21,22). The molecule has 4 saturated carbocycles. The summed E-state index contributed by atoms with van der Waals surface area (Å²) in [6.07, 6.45) is 6.05. The van der Waals surface area contributed by atoms with E-state index in [0.717, 1.165) is 31.2 Å². The number of carbonyl (C=O) groups is 1. The lowest BCUT2D eigenvalue weighted by molar-refractivity contribution is -0.178. The summed E-state index contributed by atoms with van der Waals surface area (Å²) < 4.78 is 13.2. The number of rotatable bonds is 4. The molecule has 0 heterocycles. The second-order valence-corrected chi connectivity index (χ2v) is 8.10. The molecule has 3 nitrogen and oxygen atoms in total. The zero-order valence-electron chi connectivity index (χ0n) is 13.4. The molecule has 4 aliphatic carbocycles. The Bertz CT molecular complexity index is 616. The van der Waals surface area contributed by atoms with Crippen LogP contribution in [0.3, 0.4) is 0 Å². The van der Waals surface area contributed by atoms with E-state index in [1.54, 1.807) is 6.07 Å². The first kappa shape index (κ1) is 15.1. The van der Waals surface area contributed by atoms with E-state index in [1.165, 1.54) is 18.6 Å². The predicted molar refractivity (Wildman–Crippen MR) is 85.2 cm³/mol. The summed E-state index contributed by atoms with van der Waals surface area (Å²) in [4.78, 5) is 12.8. The second kappa shape index (κ2) is 5.30. The summed E-state index contributed by atoms with van der Waals surface area (Å²) in [6, 6.07) is 6.52. The predicted octanol–water partition coefficient (Wildman–Crippen LogP) is 2.82.